The summed E-state index contributed by atoms with van der Waals surface area (Å²) in [6.07, 6.45) is 1.76. The molecule has 0 saturated carbocycles. The maximum atomic E-state index is 10.1. The summed E-state index contributed by atoms with van der Waals surface area (Å²) in [5, 5.41) is 23.7. The predicted octanol–water partition coefficient (Wildman–Crippen LogP) is 3.80. The predicted molar refractivity (Wildman–Crippen MR) is 118 cm³/mol. The van der Waals surface area contributed by atoms with Crippen molar-refractivity contribution in [1.29, 1.82) is 0 Å². The van der Waals surface area contributed by atoms with E-state index in [2.05, 4.69) is 4.98 Å². The summed E-state index contributed by atoms with van der Waals surface area (Å²) in [5.41, 5.74) is 3.91. The molecule has 0 unspecified atom stereocenters. The van der Waals surface area contributed by atoms with Gasteiger partial charge in [0.1, 0.15) is 0 Å². The second-order valence-electron chi connectivity index (χ2n) is 6.88. The number of fused-ring (bicyclic) bond motifs is 2. The lowest BCUT2D eigenvalue weighted by Gasteiger charge is -2.16. The minimum absolute atomic E-state index is 0.515. The first-order valence-corrected chi connectivity index (χ1v) is 9.42. The number of nitrogens with zero attached hydrogens (tertiary/aromatic N) is 2. The highest BCUT2D eigenvalue weighted by atomic mass is 16.4. The highest BCUT2D eigenvalue weighted by Crippen LogP contribution is 2.35. The van der Waals surface area contributed by atoms with Crippen LogP contribution in [0, 0.1) is 0 Å². The molecule has 0 aliphatic heterocycles. The van der Waals surface area contributed by atoms with E-state index in [-0.39, 0.29) is 0 Å². The van der Waals surface area contributed by atoms with Gasteiger partial charge in [-0.3, -0.25) is 4.98 Å². The number of rotatable bonds is 3. The lowest BCUT2D eigenvalue weighted by atomic mass is 9.72. The molecule has 5 rings (SSSR count). The van der Waals surface area contributed by atoms with Crippen molar-refractivity contribution < 1.29 is 10.0 Å². The summed E-state index contributed by atoms with van der Waals surface area (Å²) in [6.45, 7) is 0. The molecule has 3 aromatic carbocycles. The van der Waals surface area contributed by atoms with E-state index < -0.39 is 7.12 Å². The Morgan fingerprint density at radius 3 is 1.69 bits per heavy atom. The molecule has 0 saturated heterocycles. The van der Waals surface area contributed by atoms with Crippen LogP contribution >= 0.6 is 0 Å². The molecule has 2 aromatic heterocycles. The van der Waals surface area contributed by atoms with Crippen LogP contribution in [0.15, 0.2) is 91.1 Å². The Morgan fingerprint density at radius 2 is 1.10 bits per heavy atom. The van der Waals surface area contributed by atoms with Gasteiger partial charge in [-0.2, -0.15) is 0 Å². The van der Waals surface area contributed by atoms with Crippen LogP contribution in [0.5, 0.6) is 0 Å². The average Bonchev–Trinajstić information content (AvgIpc) is 2.77. The molecule has 138 valence electrons. The molecule has 5 aromatic rings. The molecular weight excluding hydrogens is 359 g/mol. The van der Waals surface area contributed by atoms with E-state index in [4.69, 9.17) is 4.98 Å². The van der Waals surface area contributed by atoms with E-state index in [1.165, 1.54) is 0 Å². The molecule has 0 bridgehead atoms. The third-order valence-electron chi connectivity index (χ3n) is 5.16. The molecule has 0 atom stereocenters. The molecule has 0 aliphatic rings. The Kier molecular flexibility index (Phi) is 4.32. The van der Waals surface area contributed by atoms with Crippen LogP contribution in [-0.4, -0.2) is 27.1 Å². The molecule has 0 aliphatic carbocycles. The van der Waals surface area contributed by atoms with Gasteiger partial charge in [-0.15, -0.1) is 0 Å². The van der Waals surface area contributed by atoms with Gasteiger partial charge in [0.05, 0.1) is 17.1 Å². The van der Waals surface area contributed by atoms with Crippen molar-refractivity contribution in [2.75, 3.05) is 0 Å². The lowest BCUT2D eigenvalue weighted by Crippen LogP contribution is -2.31. The van der Waals surface area contributed by atoms with Gasteiger partial charge in [0.2, 0.25) is 0 Å². The largest absolute Gasteiger partial charge is 0.489 e. The molecular formula is C24H17BN2O2. The number of hydrogen-bond donors (Lipinski definition) is 2. The Balaban J connectivity index is 1.88. The second kappa shape index (κ2) is 7.13. The average molecular weight is 376 g/mol. The van der Waals surface area contributed by atoms with Gasteiger partial charge in [0, 0.05) is 11.8 Å². The van der Waals surface area contributed by atoms with Crippen LogP contribution in [-0.2, 0) is 0 Å². The van der Waals surface area contributed by atoms with E-state index in [0.717, 1.165) is 44.2 Å². The van der Waals surface area contributed by atoms with Gasteiger partial charge in [0.25, 0.3) is 0 Å². The van der Waals surface area contributed by atoms with Crippen molar-refractivity contribution in [2.24, 2.45) is 0 Å². The van der Waals surface area contributed by atoms with Gasteiger partial charge in [0.15, 0.2) is 0 Å². The summed E-state index contributed by atoms with van der Waals surface area (Å²) in [4.78, 5) is 9.32. The summed E-state index contributed by atoms with van der Waals surface area (Å²) in [5.74, 6) is 0. The fourth-order valence-corrected chi connectivity index (χ4v) is 3.95. The first-order chi connectivity index (χ1) is 14.2. The zero-order chi connectivity index (χ0) is 19.8. The van der Waals surface area contributed by atoms with Gasteiger partial charge in [-0.25, -0.2) is 4.98 Å². The molecule has 0 radical (unpaired) electrons. The Hall–Kier alpha value is -3.54. The minimum Gasteiger partial charge on any atom is -0.423 e. The maximum Gasteiger partial charge on any atom is 0.489 e. The number of hydrogen-bond acceptors (Lipinski definition) is 4. The van der Waals surface area contributed by atoms with E-state index in [9.17, 15) is 10.0 Å². The first-order valence-electron chi connectivity index (χ1n) is 9.42. The molecule has 0 spiro atoms. The quantitative estimate of drug-likeness (QED) is 0.371. The third-order valence-corrected chi connectivity index (χ3v) is 5.16. The van der Waals surface area contributed by atoms with Crippen LogP contribution in [0.1, 0.15) is 0 Å². The normalized spacial score (nSPS) is 11.1. The number of aromatic nitrogens is 2. The fraction of sp³-hybridized carbons (Fsp3) is 0. The molecule has 5 heteroatoms. The highest BCUT2D eigenvalue weighted by molar-refractivity contribution is 6.66. The molecule has 2 heterocycles. The third kappa shape index (κ3) is 2.97. The van der Waals surface area contributed by atoms with E-state index in [1.54, 1.807) is 6.20 Å². The molecule has 0 amide bonds. The molecule has 29 heavy (non-hydrogen) atoms. The van der Waals surface area contributed by atoms with Gasteiger partial charge in [-0.05, 0) is 51.3 Å². The SMILES string of the molecule is OB(O)c1c2ccccc2c(-c2cccc(-c3ccccn3)n2)c2ccccc12. The van der Waals surface area contributed by atoms with Crippen LogP contribution in [0.4, 0.5) is 0 Å². The van der Waals surface area contributed by atoms with E-state index in [1.807, 2.05) is 84.9 Å². The topological polar surface area (TPSA) is 66.2 Å². The monoisotopic (exact) mass is 376 g/mol. The van der Waals surface area contributed by atoms with Crippen molar-refractivity contribution >= 4 is 34.1 Å². The van der Waals surface area contributed by atoms with Crippen LogP contribution in [0.3, 0.4) is 0 Å². The highest BCUT2D eigenvalue weighted by Gasteiger charge is 2.22. The van der Waals surface area contributed by atoms with E-state index in [0.29, 0.717) is 5.46 Å². The second-order valence-corrected chi connectivity index (χ2v) is 6.88. The van der Waals surface area contributed by atoms with Gasteiger partial charge < -0.3 is 10.0 Å². The number of pyridine rings is 2. The Morgan fingerprint density at radius 1 is 0.552 bits per heavy atom. The minimum atomic E-state index is -1.56. The summed E-state index contributed by atoms with van der Waals surface area (Å²) in [7, 11) is -1.56. The van der Waals surface area contributed by atoms with Crippen molar-refractivity contribution in [1.82, 2.24) is 9.97 Å². The van der Waals surface area contributed by atoms with Gasteiger partial charge in [-0.1, -0.05) is 60.7 Å². The summed E-state index contributed by atoms with van der Waals surface area (Å²) < 4.78 is 0. The standard InChI is InChI=1S/C24H17BN2O2/c28-25(29)24-18-10-3-1-8-16(18)23(17-9-2-4-11-19(17)24)22-14-7-13-21(27-22)20-12-5-6-15-26-20/h1-15,28-29H. The van der Waals surface area contributed by atoms with Crippen LogP contribution in [0.25, 0.3) is 44.2 Å². The van der Waals surface area contributed by atoms with Gasteiger partial charge >= 0.3 is 7.12 Å². The smallest absolute Gasteiger partial charge is 0.423 e. The molecule has 4 nitrogen and oxygen atoms in total. The van der Waals surface area contributed by atoms with Crippen molar-refractivity contribution in [3.63, 3.8) is 0 Å². The van der Waals surface area contributed by atoms with Crippen LogP contribution in [0.2, 0.25) is 0 Å². The summed E-state index contributed by atoms with van der Waals surface area (Å²) >= 11 is 0. The van der Waals surface area contributed by atoms with E-state index >= 15 is 0 Å². The van der Waals surface area contributed by atoms with Crippen molar-refractivity contribution in [3.8, 4) is 22.6 Å². The zero-order valence-corrected chi connectivity index (χ0v) is 15.5. The summed E-state index contributed by atoms with van der Waals surface area (Å²) in [6, 6.07) is 27.2. The maximum absolute atomic E-state index is 10.1. The fourth-order valence-electron chi connectivity index (χ4n) is 3.95. The number of benzene rings is 3. The molecule has 2 N–H and O–H groups in total. The molecule has 0 fully saturated rings. The lowest BCUT2D eigenvalue weighted by molar-refractivity contribution is 0.426. The van der Waals surface area contributed by atoms with Crippen molar-refractivity contribution in [2.45, 2.75) is 0 Å². The van der Waals surface area contributed by atoms with Crippen molar-refractivity contribution in [3.05, 3.63) is 91.1 Å². The Bertz CT molecular complexity index is 1280. The first kappa shape index (κ1) is 17.6. The Labute approximate surface area is 168 Å². The zero-order valence-electron chi connectivity index (χ0n) is 15.5. The van der Waals surface area contributed by atoms with Crippen LogP contribution < -0.4 is 5.46 Å².